The third kappa shape index (κ3) is 2.13. The number of hydrogen-bond donors (Lipinski definition) is 1. The molecule has 2 N–H and O–H groups in total. The zero-order valence-corrected chi connectivity index (χ0v) is 8.63. The van der Waals surface area contributed by atoms with Crippen LogP contribution < -0.4 is 5.73 Å². The molecule has 2 bridgehead atoms. The zero-order chi connectivity index (χ0) is 11.1. The second-order valence-electron chi connectivity index (χ2n) is 4.66. The summed E-state index contributed by atoms with van der Waals surface area (Å²) < 4.78 is 38.4. The summed E-state index contributed by atoms with van der Waals surface area (Å²) in [5.41, 5.74) is 5.27. The molecule has 5 heteroatoms. The van der Waals surface area contributed by atoms with Crippen molar-refractivity contribution in [2.75, 3.05) is 13.1 Å². The first-order valence-electron chi connectivity index (χ1n) is 5.55. The highest BCUT2D eigenvalue weighted by Crippen LogP contribution is 2.42. The molecule has 2 nitrogen and oxygen atoms in total. The Morgan fingerprint density at radius 1 is 1.33 bits per heavy atom. The van der Waals surface area contributed by atoms with Gasteiger partial charge in [0.2, 0.25) is 0 Å². The highest BCUT2D eigenvalue weighted by Gasteiger charge is 2.50. The van der Waals surface area contributed by atoms with Crippen molar-refractivity contribution >= 4 is 0 Å². The highest BCUT2D eigenvalue weighted by atomic mass is 19.4. The molecule has 1 saturated carbocycles. The normalized spacial score (nSPS) is 33.6. The first kappa shape index (κ1) is 11.2. The van der Waals surface area contributed by atoms with Crippen molar-refractivity contribution < 1.29 is 13.2 Å². The van der Waals surface area contributed by atoms with Crippen molar-refractivity contribution in [3.05, 3.63) is 0 Å². The molecule has 0 spiro atoms. The van der Waals surface area contributed by atoms with E-state index in [1.807, 2.05) is 0 Å². The van der Waals surface area contributed by atoms with E-state index in [2.05, 4.69) is 0 Å². The van der Waals surface area contributed by atoms with E-state index in [4.69, 9.17) is 5.73 Å². The molecule has 2 rings (SSSR count). The maximum absolute atomic E-state index is 12.8. The molecule has 0 aromatic carbocycles. The summed E-state index contributed by atoms with van der Waals surface area (Å²) >= 11 is 0. The van der Waals surface area contributed by atoms with Crippen molar-refractivity contribution in [2.24, 2.45) is 11.7 Å². The molecule has 2 aliphatic rings. The molecule has 88 valence electrons. The molecule has 0 aromatic heterocycles. The number of rotatable bonds is 3. The fraction of sp³-hybridized carbons (Fsp3) is 1.00. The van der Waals surface area contributed by atoms with Crippen LogP contribution in [0.15, 0.2) is 0 Å². The lowest BCUT2D eigenvalue weighted by molar-refractivity contribution is -0.189. The zero-order valence-electron chi connectivity index (χ0n) is 8.63. The smallest absolute Gasteiger partial charge is 0.330 e. The average molecular weight is 222 g/mol. The fourth-order valence-corrected chi connectivity index (χ4v) is 3.02. The van der Waals surface area contributed by atoms with Gasteiger partial charge in [0, 0.05) is 12.6 Å². The highest BCUT2D eigenvalue weighted by molar-refractivity contribution is 4.96. The Bertz CT molecular complexity index is 229. The van der Waals surface area contributed by atoms with Gasteiger partial charge >= 0.3 is 6.18 Å². The van der Waals surface area contributed by atoms with E-state index in [-0.39, 0.29) is 19.0 Å². The van der Waals surface area contributed by atoms with E-state index >= 15 is 0 Å². The molecule has 1 heterocycles. The van der Waals surface area contributed by atoms with Crippen LogP contribution in [0.1, 0.15) is 25.7 Å². The number of piperidine rings is 1. The number of hydrogen-bond acceptors (Lipinski definition) is 2. The van der Waals surface area contributed by atoms with Gasteiger partial charge in [-0.1, -0.05) is 0 Å². The van der Waals surface area contributed by atoms with E-state index in [9.17, 15) is 13.2 Å². The van der Waals surface area contributed by atoms with Crippen LogP contribution in [0, 0.1) is 5.92 Å². The number of nitrogens with two attached hydrogens (primary N) is 1. The van der Waals surface area contributed by atoms with Gasteiger partial charge < -0.3 is 5.73 Å². The third-order valence-electron chi connectivity index (χ3n) is 3.67. The van der Waals surface area contributed by atoms with Gasteiger partial charge in [0.05, 0.1) is 0 Å². The average Bonchev–Trinajstić information content (AvgIpc) is 2.72. The molecule has 1 aliphatic heterocycles. The molecule has 0 radical (unpaired) electrons. The van der Waals surface area contributed by atoms with Crippen LogP contribution in [-0.4, -0.2) is 36.2 Å². The molecule has 1 aliphatic carbocycles. The second kappa shape index (κ2) is 3.94. The predicted molar refractivity (Wildman–Crippen MR) is 51.3 cm³/mol. The monoisotopic (exact) mass is 222 g/mol. The maximum Gasteiger partial charge on any atom is 0.404 e. The Hall–Kier alpha value is -0.290. The summed E-state index contributed by atoms with van der Waals surface area (Å²) in [7, 11) is 0. The van der Waals surface area contributed by atoms with Gasteiger partial charge in [-0.3, -0.25) is 4.90 Å². The summed E-state index contributed by atoms with van der Waals surface area (Å²) in [6.07, 6.45) is -1.09. The Balaban J connectivity index is 2.05. The summed E-state index contributed by atoms with van der Waals surface area (Å²) in [6.45, 7) is 0.729. The minimum absolute atomic E-state index is 0.0344. The van der Waals surface area contributed by atoms with Gasteiger partial charge in [-0.25, -0.2) is 0 Å². The third-order valence-corrected chi connectivity index (χ3v) is 3.67. The predicted octanol–water partition coefficient (Wildman–Crippen LogP) is 1.75. The summed E-state index contributed by atoms with van der Waals surface area (Å²) in [4.78, 5) is 1.64. The molecular weight excluding hydrogens is 205 g/mol. The summed E-state index contributed by atoms with van der Waals surface area (Å²) in [5.74, 6) is 0.498. The van der Waals surface area contributed by atoms with Gasteiger partial charge in [-0.15, -0.1) is 0 Å². The van der Waals surface area contributed by atoms with Crippen molar-refractivity contribution in [3.8, 4) is 0 Å². The van der Waals surface area contributed by atoms with E-state index < -0.39 is 12.2 Å². The van der Waals surface area contributed by atoms with Crippen molar-refractivity contribution in [2.45, 2.75) is 43.9 Å². The van der Waals surface area contributed by atoms with E-state index in [1.54, 1.807) is 4.90 Å². The molecule has 1 saturated heterocycles. The standard InChI is InChI=1S/C10H17F3N2/c11-10(12,13)9(3-4-14)15-6-7-1-2-8(15)5-7/h7-9H,1-6,14H2. The van der Waals surface area contributed by atoms with Crippen LogP contribution in [0.4, 0.5) is 13.2 Å². The van der Waals surface area contributed by atoms with Crippen LogP contribution in [-0.2, 0) is 0 Å². The number of alkyl halides is 3. The molecular formula is C10H17F3N2. The fourth-order valence-electron chi connectivity index (χ4n) is 3.02. The van der Waals surface area contributed by atoms with Crippen LogP contribution in [0.3, 0.4) is 0 Å². The molecule has 3 atom stereocenters. The molecule has 2 fully saturated rings. The molecule has 0 aromatic rings. The minimum atomic E-state index is -4.12. The summed E-state index contributed by atoms with van der Waals surface area (Å²) in [5, 5.41) is 0. The number of fused-ring (bicyclic) bond motifs is 2. The summed E-state index contributed by atoms with van der Waals surface area (Å²) in [6, 6.07) is -1.15. The SMILES string of the molecule is NCCC(N1CC2CCC1C2)C(F)(F)F. The van der Waals surface area contributed by atoms with E-state index in [0.29, 0.717) is 12.5 Å². The lowest BCUT2D eigenvalue weighted by Crippen LogP contribution is -2.50. The lowest BCUT2D eigenvalue weighted by atomic mass is 10.1. The van der Waals surface area contributed by atoms with Gasteiger partial charge in [-0.05, 0) is 38.1 Å². The van der Waals surface area contributed by atoms with E-state index in [1.165, 1.54) is 0 Å². The molecule has 0 amide bonds. The van der Waals surface area contributed by atoms with Crippen molar-refractivity contribution in [3.63, 3.8) is 0 Å². The number of nitrogens with zero attached hydrogens (tertiary/aromatic N) is 1. The van der Waals surface area contributed by atoms with E-state index in [0.717, 1.165) is 19.3 Å². The number of likely N-dealkylation sites (tertiary alicyclic amines) is 1. The Kier molecular flexibility index (Phi) is 2.94. The first-order chi connectivity index (χ1) is 7.02. The minimum Gasteiger partial charge on any atom is -0.330 e. The van der Waals surface area contributed by atoms with Gasteiger partial charge in [0.1, 0.15) is 6.04 Å². The Morgan fingerprint density at radius 3 is 2.47 bits per heavy atom. The van der Waals surface area contributed by atoms with Gasteiger partial charge in [0.15, 0.2) is 0 Å². The second-order valence-corrected chi connectivity index (χ2v) is 4.66. The van der Waals surface area contributed by atoms with Crippen molar-refractivity contribution in [1.29, 1.82) is 0 Å². The van der Waals surface area contributed by atoms with Crippen LogP contribution in [0.25, 0.3) is 0 Å². The largest absolute Gasteiger partial charge is 0.404 e. The van der Waals surface area contributed by atoms with Crippen molar-refractivity contribution in [1.82, 2.24) is 4.90 Å². The van der Waals surface area contributed by atoms with Gasteiger partial charge in [0.25, 0.3) is 0 Å². The number of halogens is 3. The Labute approximate surface area is 87.6 Å². The topological polar surface area (TPSA) is 29.3 Å². The Morgan fingerprint density at radius 2 is 2.07 bits per heavy atom. The van der Waals surface area contributed by atoms with Crippen LogP contribution in [0.5, 0.6) is 0 Å². The lowest BCUT2D eigenvalue weighted by Gasteiger charge is -2.35. The van der Waals surface area contributed by atoms with Crippen LogP contribution >= 0.6 is 0 Å². The molecule has 15 heavy (non-hydrogen) atoms. The first-order valence-corrected chi connectivity index (χ1v) is 5.55. The quantitative estimate of drug-likeness (QED) is 0.788. The maximum atomic E-state index is 12.8. The van der Waals surface area contributed by atoms with Gasteiger partial charge in [-0.2, -0.15) is 13.2 Å². The molecule has 3 unspecified atom stereocenters. The van der Waals surface area contributed by atoms with Crippen LogP contribution in [0.2, 0.25) is 0 Å².